The Kier molecular flexibility index (Phi) is 5.68. The van der Waals surface area contributed by atoms with Crippen LogP contribution in [0.5, 0.6) is 11.5 Å². The molecule has 0 bridgehead atoms. The van der Waals surface area contributed by atoms with Crippen LogP contribution in [-0.4, -0.2) is 61.9 Å². The van der Waals surface area contributed by atoms with Crippen molar-refractivity contribution in [3.63, 3.8) is 0 Å². The van der Waals surface area contributed by atoms with Crippen molar-refractivity contribution in [2.24, 2.45) is 5.11 Å². The number of methoxy groups -OCH3 is 3. The lowest BCUT2D eigenvalue weighted by molar-refractivity contribution is -0.145. The Morgan fingerprint density at radius 2 is 1.92 bits per heavy atom. The van der Waals surface area contributed by atoms with Gasteiger partial charge in [-0.15, -0.1) is 0 Å². The Labute approximate surface area is 143 Å². The second-order valence-corrected chi connectivity index (χ2v) is 5.30. The van der Waals surface area contributed by atoms with Crippen LogP contribution in [0.4, 0.5) is 5.69 Å². The van der Waals surface area contributed by atoms with Gasteiger partial charge < -0.3 is 24.2 Å². The van der Waals surface area contributed by atoms with Crippen molar-refractivity contribution >= 4 is 17.6 Å². The van der Waals surface area contributed by atoms with E-state index in [1.54, 1.807) is 0 Å². The molecule has 1 aliphatic heterocycles. The molecule has 1 aromatic carbocycles. The maximum absolute atomic E-state index is 12.9. The van der Waals surface area contributed by atoms with Crippen LogP contribution in [-0.2, 0) is 9.53 Å². The van der Waals surface area contributed by atoms with Gasteiger partial charge in [0.25, 0.3) is 5.91 Å². The van der Waals surface area contributed by atoms with E-state index < -0.39 is 24.0 Å². The van der Waals surface area contributed by atoms with Gasteiger partial charge in [0.05, 0.1) is 38.7 Å². The molecule has 0 aliphatic carbocycles. The molecular formula is C15H18N4O6. The van der Waals surface area contributed by atoms with Gasteiger partial charge in [-0.25, -0.2) is 4.79 Å². The number of hydrogen-bond donors (Lipinski definition) is 1. The highest BCUT2D eigenvalue weighted by atomic mass is 16.5. The second kappa shape index (κ2) is 7.73. The molecule has 0 saturated carbocycles. The fraction of sp³-hybridized carbons (Fsp3) is 0.467. The van der Waals surface area contributed by atoms with Gasteiger partial charge >= 0.3 is 5.97 Å². The monoisotopic (exact) mass is 350 g/mol. The Balaban J connectivity index is 2.50. The standard InChI is InChI=1S/C15H18N4O6/c1-23-12-5-9(10(17-18-16)6-13(12)24-2)14(21)19-7-8(20)4-11(19)15(22)25-3/h5-6,8,11,20H,4,7H2,1-3H3/t8-,11+/m1/s1. The average Bonchev–Trinajstić information content (AvgIpc) is 3.02. The van der Waals surface area contributed by atoms with Crippen LogP contribution >= 0.6 is 0 Å². The SMILES string of the molecule is COC(=O)[C@@H]1C[C@@H](O)CN1C(=O)c1cc(OC)c(OC)cc1N=[N+]=[N-]. The summed E-state index contributed by atoms with van der Waals surface area (Å²) in [6, 6.07) is 1.81. The van der Waals surface area contributed by atoms with E-state index >= 15 is 0 Å². The maximum atomic E-state index is 12.9. The molecule has 25 heavy (non-hydrogen) atoms. The van der Waals surface area contributed by atoms with Crippen LogP contribution in [0.15, 0.2) is 17.2 Å². The summed E-state index contributed by atoms with van der Waals surface area (Å²) in [4.78, 5) is 28.7. The van der Waals surface area contributed by atoms with Gasteiger partial charge in [0.2, 0.25) is 0 Å². The van der Waals surface area contributed by atoms with Crippen LogP contribution in [0.3, 0.4) is 0 Å². The number of azide groups is 1. The molecule has 10 heteroatoms. The lowest BCUT2D eigenvalue weighted by Gasteiger charge is -2.23. The normalized spacial score (nSPS) is 19.1. The molecule has 2 atom stereocenters. The quantitative estimate of drug-likeness (QED) is 0.369. The highest BCUT2D eigenvalue weighted by Crippen LogP contribution is 2.36. The summed E-state index contributed by atoms with van der Waals surface area (Å²) >= 11 is 0. The summed E-state index contributed by atoms with van der Waals surface area (Å²) in [7, 11) is 4.01. The number of carbonyl (C=O) groups is 2. The number of nitrogens with zero attached hydrogens (tertiary/aromatic N) is 4. The van der Waals surface area contributed by atoms with Gasteiger partial charge in [0, 0.05) is 17.9 Å². The van der Waals surface area contributed by atoms with Crippen LogP contribution in [0.1, 0.15) is 16.8 Å². The van der Waals surface area contributed by atoms with E-state index in [0.717, 1.165) is 0 Å². The third kappa shape index (κ3) is 3.59. The molecule has 0 spiro atoms. The maximum Gasteiger partial charge on any atom is 0.328 e. The molecular weight excluding hydrogens is 332 g/mol. The predicted octanol–water partition coefficient (Wildman–Crippen LogP) is 1.39. The van der Waals surface area contributed by atoms with E-state index in [4.69, 9.17) is 15.0 Å². The number of amides is 1. The fourth-order valence-corrected chi connectivity index (χ4v) is 2.72. The molecule has 1 heterocycles. The second-order valence-electron chi connectivity index (χ2n) is 5.30. The molecule has 1 N–H and O–H groups in total. The van der Waals surface area contributed by atoms with Crippen LogP contribution in [0.25, 0.3) is 10.4 Å². The van der Waals surface area contributed by atoms with E-state index in [2.05, 4.69) is 14.8 Å². The largest absolute Gasteiger partial charge is 0.493 e. The number of likely N-dealkylation sites (tertiary alicyclic amines) is 1. The average molecular weight is 350 g/mol. The van der Waals surface area contributed by atoms with Gasteiger partial charge in [-0.3, -0.25) is 4.79 Å². The molecule has 1 saturated heterocycles. The Bertz CT molecular complexity index is 731. The minimum atomic E-state index is -0.917. The lowest BCUT2D eigenvalue weighted by Crippen LogP contribution is -2.41. The Hall–Kier alpha value is -2.97. The lowest BCUT2D eigenvalue weighted by atomic mass is 10.1. The fourth-order valence-electron chi connectivity index (χ4n) is 2.72. The number of esters is 1. The summed E-state index contributed by atoms with van der Waals surface area (Å²) in [6.45, 7) is -0.0390. The van der Waals surface area contributed by atoms with E-state index in [1.807, 2.05) is 0 Å². The zero-order valence-electron chi connectivity index (χ0n) is 14.0. The van der Waals surface area contributed by atoms with E-state index in [-0.39, 0.29) is 35.7 Å². The number of ether oxygens (including phenoxy) is 3. The van der Waals surface area contributed by atoms with Gasteiger partial charge in [-0.05, 0) is 17.7 Å². The summed E-state index contributed by atoms with van der Waals surface area (Å²) in [5.74, 6) is -0.671. The summed E-state index contributed by atoms with van der Waals surface area (Å²) < 4.78 is 15.0. The van der Waals surface area contributed by atoms with Crippen molar-refractivity contribution in [1.29, 1.82) is 0 Å². The van der Waals surface area contributed by atoms with E-state index in [1.165, 1.54) is 38.4 Å². The van der Waals surface area contributed by atoms with Crippen molar-refractivity contribution in [3.05, 3.63) is 28.1 Å². The first-order valence-electron chi connectivity index (χ1n) is 7.34. The molecule has 0 aromatic heterocycles. The number of aliphatic hydroxyl groups is 1. The van der Waals surface area contributed by atoms with Crippen molar-refractivity contribution in [2.75, 3.05) is 27.9 Å². The molecule has 0 unspecified atom stereocenters. The Morgan fingerprint density at radius 3 is 2.48 bits per heavy atom. The van der Waals surface area contributed by atoms with Gasteiger partial charge in [0.15, 0.2) is 11.5 Å². The first-order valence-corrected chi connectivity index (χ1v) is 7.34. The number of carbonyl (C=O) groups excluding carboxylic acids is 2. The van der Waals surface area contributed by atoms with E-state index in [9.17, 15) is 14.7 Å². The molecule has 134 valence electrons. The summed E-state index contributed by atoms with van der Waals surface area (Å²) in [5, 5.41) is 13.3. The third-order valence-electron chi connectivity index (χ3n) is 3.90. The Morgan fingerprint density at radius 1 is 1.28 bits per heavy atom. The molecule has 1 aromatic rings. The molecule has 1 amide bonds. The smallest absolute Gasteiger partial charge is 0.328 e. The van der Waals surface area contributed by atoms with Gasteiger partial charge in [0.1, 0.15) is 6.04 Å². The van der Waals surface area contributed by atoms with Crippen LogP contribution in [0.2, 0.25) is 0 Å². The minimum Gasteiger partial charge on any atom is -0.493 e. The molecule has 10 nitrogen and oxygen atoms in total. The molecule has 0 radical (unpaired) electrons. The number of β-amino-alcohol motifs (C(OH)–C–C–N with tert-alkyl or cyclic N) is 1. The zero-order valence-corrected chi connectivity index (χ0v) is 14.0. The van der Waals surface area contributed by atoms with Gasteiger partial charge in [-0.1, -0.05) is 5.11 Å². The summed E-state index contributed by atoms with van der Waals surface area (Å²) in [5.41, 5.74) is 8.80. The highest BCUT2D eigenvalue weighted by molar-refractivity contribution is 6.02. The molecule has 2 rings (SSSR count). The number of rotatable bonds is 5. The third-order valence-corrected chi connectivity index (χ3v) is 3.90. The van der Waals surface area contributed by atoms with Crippen molar-refractivity contribution < 1.29 is 28.9 Å². The summed E-state index contributed by atoms with van der Waals surface area (Å²) in [6.07, 6.45) is -0.779. The van der Waals surface area contributed by atoms with Gasteiger partial charge in [-0.2, -0.15) is 0 Å². The number of aliphatic hydroxyl groups excluding tert-OH is 1. The highest BCUT2D eigenvalue weighted by Gasteiger charge is 2.40. The van der Waals surface area contributed by atoms with E-state index in [0.29, 0.717) is 0 Å². The number of hydrogen-bond acceptors (Lipinski definition) is 7. The van der Waals surface area contributed by atoms with Crippen molar-refractivity contribution in [2.45, 2.75) is 18.6 Å². The minimum absolute atomic E-state index is 0.0233. The van der Waals surface area contributed by atoms with Crippen LogP contribution < -0.4 is 9.47 Å². The van der Waals surface area contributed by atoms with Crippen LogP contribution in [0, 0.1) is 0 Å². The molecule has 1 aliphatic rings. The van der Waals surface area contributed by atoms with Crippen molar-refractivity contribution in [1.82, 2.24) is 4.90 Å². The predicted molar refractivity (Wildman–Crippen MR) is 85.8 cm³/mol. The first-order chi connectivity index (χ1) is 12.0. The molecule has 1 fully saturated rings. The topological polar surface area (TPSA) is 134 Å². The number of benzene rings is 1. The zero-order chi connectivity index (χ0) is 18.6. The first kappa shape index (κ1) is 18.4. The van der Waals surface area contributed by atoms with Crippen molar-refractivity contribution in [3.8, 4) is 11.5 Å².